The molecule has 1 heterocycles. The number of nitriles is 1. The summed E-state index contributed by atoms with van der Waals surface area (Å²) in [5.41, 5.74) is 2.58. The smallest absolute Gasteiger partial charge is 0.116 e. The van der Waals surface area contributed by atoms with Crippen LogP contribution >= 0.6 is 0 Å². The predicted molar refractivity (Wildman–Crippen MR) is 64.7 cm³/mol. The summed E-state index contributed by atoms with van der Waals surface area (Å²) in [7, 11) is 0. The highest BCUT2D eigenvalue weighted by Crippen LogP contribution is 2.17. The number of aliphatic imine (C=N–C) groups is 1. The Balaban J connectivity index is 2.09. The molecule has 0 atom stereocenters. The molecule has 82 valence electrons. The van der Waals surface area contributed by atoms with Gasteiger partial charge in [0.2, 0.25) is 0 Å². The topological polar surface area (TPSA) is 60.2 Å². The number of aryl methyl sites for hydroxylation is 1. The van der Waals surface area contributed by atoms with Crippen LogP contribution in [0.25, 0.3) is 0 Å². The van der Waals surface area contributed by atoms with Gasteiger partial charge >= 0.3 is 0 Å². The van der Waals surface area contributed by atoms with E-state index in [1.807, 2.05) is 25.1 Å². The van der Waals surface area contributed by atoms with Gasteiger partial charge in [0.1, 0.15) is 11.9 Å². The standard InChI is InChI=1S/C12H14N4/c1-9-3-2-4-11(10(9)7-13)16-8-12-14-5-6-15-12/h2-4,16H,5-6,8H2,1H3,(H,14,15). The van der Waals surface area contributed by atoms with Crippen LogP contribution in [-0.2, 0) is 0 Å². The van der Waals surface area contributed by atoms with Gasteiger partial charge in [-0.15, -0.1) is 0 Å². The van der Waals surface area contributed by atoms with Gasteiger partial charge in [-0.05, 0) is 18.6 Å². The van der Waals surface area contributed by atoms with Crippen LogP contribution in [-0.4, -0.2) is 25.5 Å². The highest BCUT2D eigenvalue weighted by atomic mass is 15.1. The number of amidine groups is 1. The molecule has 1 aliphatic heterocycles. The molecule has 0 saturated carbocycles. The average Bonchev–Trinajstić information content (AvgIpc) is 2.79. The first-order valence-electron chi connectivity index (χ1n) is 5.32. The Morgan fingerprint density at radius 3 is 3.12 bits per heavy atom. The Morgan fingerprint density at radius 1 is 1.56 bits per heavy atom. The number of nitrogens with one attached hydrogen (secondary N) is 2. The highest BCUT2D eigenvalue weighted by molar-refractivity contribution is 5.87. The lowest BCUT2D eigenvalue weighted by Crippen LogP contribution is -2.26. The fourth-order valence-electron chi connectivity index (χ4n) is 1.71. The largest absolute Gasteiger partial charge is 0.377 e. The fourth-order valence-corrected chi connectivity index (χ4v) is 1.71. The first-order chi connectivity index (χ1) is 7.81. The van der Waals surface area contributed by atoms with E-state index in [0.717, 1.165) is 30.2 Å². The number of nitrogens with zero attached hydrogens (tertiary/aromatic N) is 2. The minimum Gasteiger partial charge on any atom is -0.377 e. The zero-order valence-corrected chi connectivity index (χ0v) is 9.25. The Bertz CT molecular complexity index is 457. The van der Waals surface area contributed by atoms with E-state index < -0.39 is 0 Å². The zero-order chi connectivity index (χ0) is 11.4. The molecule has 0 spiro atoms. The van der Waals surface area contributed by atoms with E-state index in [4.69, 9.17) is 5.26 Å². The molecule has 0 radical (unpaired) electrons. The minimum atomic E-state index is 0.651. The molecule has 0 amide bonds. The van der Waals surface area contributed by atoms with E-state index in [-0.39, 0.29) is 0 Å². The predicted octanol–water partition coefficient (Wildman–Crippen LogP) is 1.28. The van der Waals surface area contributed by atoms with Crippen LogP contribution in [0, 0.1) is 18.3 Å². The molecule has 1 aliphatic rings. The van der Waals surface area contributed by atoms with Crippen LogP contribution in [0.5, 0.6) is 0 Å². The van der Waals surface area contributed by atoms with Crippen molar-refractivity contribution in [1.29, 1.82) is 5.26 Å². The molecule has 1 aromatic carbocycles. The molecule has 0 saturated heterocycles. The Hall–Kier alpha value is -2.02. The number of rotatable bonds is 3. The second-order valence-electron chi connectivity index (χ2n) is 3.72. The molecule has 0 bridgehead atoms. The minimum absolute atomic E-state index is 0.651. The summed E-state index contributed by atoms with van der Waals surface area (Å²) in [5, 5.41) is 15.5. The van der Waals surface area contributed by atoms with E-state index in [1.54, 1.807) is 0 Å². The van der Waals surface area contributed by atoms with Gasteiger partial charge in [0.15, 0.2) is 0 Å². The second kappa shape index (κ2) is 4.67. The van der Waals surface area contributed by atoms with Crippen LogP contribution in [0.15, 0.2) is 23.2 Å². The van der Waals surface area contributed by atoms with Crippen molar-refractivity contribution >= 4 is 11.5 Å². The summed E-state index contributed by atoms with van der Waals surface area (Å²) in [5.74, 6) is 0.963. The van der Waals surface area contributed by atoms with Crippen LogP contribution in [0.4, 0.5) is 5.69 Å². The second-order valence-corrected chi connectivity index (χ2v) is 3.72. The Morgan fingerprint density at radius 2 is 2.44 bits per heavy atom. The molecule has 0 fully saturated rings. The van der Waals surface area contributed by atoms with Gasteiger partial charge in [0.25, 0.3) is 0 Å². The van der Waals surface area contributed by atoms with Crippen molar-refractivity contribution in [2.24, 2.45) is 4.99 Å². The monoisotopic (exact) mass is 214 g/mol. The third-order valence-corrected chi connectivity index (χ3v) is 2.57. The molecule has 2 rings (SSSR count). The van der Waals surface area contributed by atoms with Crippen molar-refractivity contribution in [1.82, 2.24) is 5.32 Å². The quantitative estimate of drug-likeness (QED) is 0.796. The van der Waals surface area contributed by atoms with Gasteiger partial charge in [-0.2, -0.15) is 5.26 Å². The van der Waals surface area contributed by atoms with Crippen molar-refractivity contribution < 1.29 is 0 Å². The third-order valence-electron chi connectivity index (χ3n) is 2.57. The van der Waals surface area contributed by atoms with Crippen molar-refractivity contribution in [3.8, 4) is 6.07 Å². The summed E-state index contributed by atoms with van der Waals surface area (Å²) in [6.45, 7) is 4.35. The molecular weight excluding hydrogens is 200 g/mol. The maximum Gasteiger partial charge on any atom is 0.116 e. The molecule has 0 aliphatic carbocycles. The highest BCUT2D eigenvalue weighted by Gasteiger charge is 2.07. The summed E-state index contributed by atoms with van der Waals surface area (Å²) in [6.07, 6.45) is 0. The Labute approximate surface area is 95.0 Å². The number of anilines is 1. The molecule has 0 unspecified atom stereocenters. The fraction of sp³-hybridized carbons (Fsp3) is 0.333. The molecule has 0 aromatic heterocycles. The van der Waals surface area contributed by atoms with Crippen molar-refractivity contribution in [3.05, 3.63) is 29.3 Å². The van der Waals surface area contributed by atoms with Crippen molar-refractivity contribution in [2.75, 3.05) is 25.0 Å². The van der Waals surface area contributed by atoms with Gasteiger partial charge < -0.3 is 10.6 Å². The summed E-state index contributed by atoms with van der Waals surface area (Å²) in [4.78, 5) is 4.29. The van der Waals surface area contributed by atoms with Crippen molar-refractivity contribution in [3.63, 3.8) is 0 Å². The lowest BCUT2D eigenvalue weighted by Gasteiger charge is -2.09. The maximum atomic E-state index is 9.06. The molecular formula is C12H14N4. The van der Waals surface area contributed by atoms with Crippen LogP contribution in [0.1, 0.15) is 11.1 Å². The van der Waals surface area contributed by atoms with Crippen LogP contribution in [0.2, 0.25) is 0 Å². The van der Waals surface area contributed by atoms with E-state index in [2.05, 4.69) is 21.7 Å². The van der Waals surface area contributed by atoms with E-state index in [0.29, 0.717) is 12.1 Å². The van der Waals surface area contributed by atoms with Gasteiger partial charge in [-0.1, -0.05) is 12.1 Å². The van der Waals surface area contributed by atoms with Gasteiger partial charge in [-0.25, -0.2) is 0 Å². The first kappa shape index (κ1) is 10.5. The SMILES string of the molecule is Cc1cccc(NCC2=NCCN2)c1C#N. The molecule has 4 heteroatoms. The lowest BCUT2D eigenvalue weighted by atomic mass is 10.1. The molecule has 1 aromatic rings. The first-order valence-corrected chi connectivity index (χ1v) is 5.32. The summed E-state index contributed by atoms with van der Waals surface area (Å²) < 4.78 is 0. The average molecular weight is 214 g/mol. The van der Waals surface area contributed by atoms with Crippen LogP contribution < -0.4 is 10.6 Å². The summed E-state index contributed by atoms with van der Waals surface area (Å²) >= 11 is 0. The van der Waals surface area contributed by atoms with Gasteiger partial charge in [-0.3, -0.25) is 4.99 Å². The molecule has 2 N–H and O–H groups in total. The number of hydrogen-bond donors (Lipinski definition) is 2. The summed E-state index contributed by atoms with van der Waals surface area (Å²) in [6, 6.07) is 8.02. The van der Waals surface area contributed by atoms with E-state index in [1.165, 1.54) is 0 Å². The van der Waals surface area contributed by atoms with E-state index >= 15 is 0 Å². The third kappa shape index (κ3) is 2.14. The van der Waals surface area contributed by atoms with Crippen LogP contribution in [0.3, 0.4) is 0 Å². The lowest BCUT2D eigenvalue weighted by molar-refractivity contribution is 0.956. The zero-order valence-electron chi connectivity index (χ0n) is 9.25. The van der Waals surface area contributed by atoms with Gasteiger partial charge in [0, 0.05) is 6.54 Å². The Kier molecular flexibility index (Phi) is 3.06. The maximum absolute atomic E-state index is 9.06. The van der Waals surface area contributed by atoms with E-state index in [9.17, 15) is 0 Å². The molecule has 16 heavy (non-hydrogen) atoms. The number of hydrogen-bond acceptors (Lipinski definition) is 4. The number of benzene rings is 1. The molecule has 4 nitrogen and oxygen atoms in total. The van der Waals surface area contributed by atoms with Crippen molar-refractivity contribution in [2.45, 2.75) is 6.92 Å². The normalized spacial score (nSPS) is 13.9. The van der Waals surface area contributed by atoms with Gasteiger partial charge in [0.05, 0.1) is 24.3 Å².